The fourth-order valence-corrected chi connectivity index (χ4v) is 6.69. The minimum absolute atomic E-state index is 0.00154. The number of carbonyl (C=O) groups is 2. The first-order valence-corrected chi connectivity index (χ1v) is 17.7. The monoisotopic (exact) mass is 729 g/mol. The number of carbonyl (C=O) groups excluding carboxylic acids is 2. The second kappa shape index (κ2) is 15.3. The summed E-state index contributed by atoms with van der Waals surface area (Å²) in [6.07, 6.45) is 3.97. The fraction of sp³-hybridized carbons (Fsp3) is 0.342. The number of likely N-dealkylation sites (tertiary alicyclic amines) is 1. The van der Waals surface area contributed by atoms with Crippen molar-refractivity contribution in [3.63, 3.8) is 0 Å². The van der Waals surface area contributed by atoms with Gasteiger partial charge in [0.05, 0.1) is 23.8 Å². The number of nitrogens with one attached hydrogen (secondary N) is 2. The molecule has 4 aromatic rings. The van der Waals surface area contributed by atoms with E-state index in [9.17, 15) is 9.59 Å². The Labute approximate surface area is 307 Å². The summed E-state index contributed by atoms with van der Waals surface area (Å²) < 4.78 is 6.25. The lowest BCUT2D eigenvalue weighted by Crippen LogP contribution is -2.50. The van der Waals surface area contributed by atoms with E-state index in [1.165, 1.54) is 12.4 Å². The van der Waals surface area contributed by atoms with Gasteiger partial charge < -0.3 is 15.0 Å². The summed E-state index contributed by atoms with van der Waals surface area (Å²) in [6.45, 7) is 9.82. The summed E-state index contributed by atoms with van der Waals surface area (Å²) in [6, 6.07) is 20.2. The van der Waals surface area contributed by atoms with Crippen LogP contribution >= 0.6 is 23.2 Å². The zero-order chi connectivity index (χ0) is 36.3. The number of benzene rings is 3. The van der Waals surface area contributed by atoms with E-state index in [4.69, 9.17) is 38.1 Å². The van der Waals surface area contributed by atoms with E-state index in [-0.39, 0.29) is 23.1 Å². The Morgan fingerprint density at radius 3 is 2.10 bits per heavy atom. The maximum Gasteiger partial charge on any atom is 0.326 e. The van der Waals surface area contributed by atoms with Crippen LogP contribution in [0.4, 0.5) is 10.7 Å². The third-order valence-electron chi connectivity index (χ3n) is 9.20. The molecule has 2 aliphatic rings. The molecule has 6 rings (SSSR count). The van der Waals surface area contributed by atoms with Crippen LogP contribution in [0.3, 0.4) is 0 Å². The number of aromatic nitrogens is 2. The second-order valence-electron chi connectivity index (χ2n) is 13.6. The highest BCUT2D eigenvalue weighted by molar-refractivity contribution is 6.30. The first-order chi connectivity index (χ1) is 24.5. The van der Waals surface area contributed by atoms with Gasteiger partial charge in [-0.2, -0.15) is 0 Å². The zero-order valence-corrected chi connectivity index (χ0v) is 30.4. The number of urea groups is 1. The highest BCUT2D eigenvalue weighted by Crippen LogP contribution is 2.46. The van der Waals surface area contributed by atoms with Gasteiger partial charge in [0.25, 0.3) is 5.91 Å². The van der Waals surface area contributed by atoms with Crippen molar-refractivity contribution in [2.24, 2.45) is 4.99 Å². The molecule has 3 amide bonds. The van der Waals surface area contributed by atoms with E-state index >= 15 is 0 Å². The molecule has 0 saturated carbocycles. The predicted octanol–water partition coefficient (Wildman–Crippen LogP) is 7.84. The Bertz CT molecular complexity index is 1890. The van der Waals surface area contributed by atoms with Gasteiger partial charge >= 0.3 is 6.03 Å². The molecule has 2 atom stereocenters. The zero-order valence-electron chi connectivity index (χ0n) is 28.9. The van der Waals surface area contributed by atoms with Crippen molar-refractivity contribution in [2.75, 3.05) is 25.0 Å². The van der Waals surface area contributed by atoms with Crippen LogP contribution in [0.1, 0.15) is 85.2 Å². The summed E-state index contributed by atoms with van der Waals surface area (Å²) in [7, 11) is 0. The quantitative estimate of drug-likeness (QED) is 0.124. The molecular weight excluding hydrogens is 689 g/mol. The number of hydrogen-bond donors (Lipinski definition) is 3. The van der Waals surface area contributed by atoms with Gasteiger partial charge in [-0.1, -0.05) is 74.3 Å². The number of ether oxygens (including phenoxy) is 1. The van der Waals surface area contributed by atoms with E-state index in [0.717, 1.165) is 22.3 Å². The number of aliphatic imine (C=N–C) groups is 1. The van der Waals surface area contributed by atoms with Crippen molar-refractivity contribution in [3.8, 4) is 5.75 Å². The van der Waals surface area contributed by atoms with Crippen LogP contribution in [0.15, 0.2) is 84.1 Å². The van der Waals surface area contributed by atoms with Gasteiger partial charge in [0.1, 0.15) is 17.6 Å². The van der Waals surface area contributed by atoms with Gasteiger partial charge in [-0.25, -0.2) is 20.2 Å². The number of nitrogens with zero attached hydrogens (tertiary/aromatic N) is 5. The predicted molar refractivity (Wildman–Crippen MR) is 198 cm³/mol. The number of rotatable bonds is 8. The summed E-state index contributed by atoms with van der Waals surface area (Å²) in [4.78, 5) is 44.0. The SMILES string of the molecule is CCOc1cc(C(C)(C)C)ccc1C1=NC(c2ccc(Cl)cc2)C(c2ccc(Cl)cc2)N1C(=O)N1CCC(Nc2ncc(C(=O)NO)cn2)CC1. The lowest BCUT2D eigenvalue weighted by molar-refractivity contribution is 0.0705. The van der Waals surface area contributed by atoms with Crippen LogP contribution in [0.5, 0.6) is 5.75 Å². The Kier molecular flexibility index (Phi) is 10.8. The molecule has 13 heteroatoms. The average Bonchev–Trinajstić information content (AvgIpc) is 3.52. The highest BCUT2D eigenvalue weighted by atomic mass is 35.5. The van der Waals surface area contributed by atoms with E-state index in [2.05, 4.69) is 48.2 Å². The van der Waals surface area contributed by atoms with E-state index in [0.29, 0.717) is 60.1 Å². The van der Waals surface area contributed by atoms with Gasteiger partial charge in [-0.3, -0.25) is 19.9 Å². The molecule has 1 aromatic heterocycles. The van der Waals surface area contributed by atoms with Crippen molar-refractivity contribution in [1.82, 2.24) is 25.2 Å². The van der Waals surface area contributed by atoms with Gasteiger partial charge in [0.2, 0.25) is 5.95 Å². The minimum atomic E-state index is -0.688. The molecule has 0 aliphatic carbocycles. The summed E-state index contributed by atoms with van der Waals surface area (Å²) in [5.74, 6) is 0.869. The Morgan fingerprint density at radius 1 is 0.922 bits per heavy atom. The standard InChI is InChI=1S/C38H41Cl2N7O4/c1-5-51-31-20-26(38(2,3)4)10-15-30(31)34-44-32(23-6-11-27(39)12-7-23)33(24-8-13-28(40)14-9-24)47(34)37(49)46-18-16-29(17-19-46)43-36-41-21-25(22-42-36)35(48)45-50/h6-15,20-22,29,32-33,50H,5,16-19H2,1-4H3,(H,45,48)(H,41,42,43). The number of amides is 3. The van der Waals surface area contributed by atoms with Crippen molar-refractivity contribution < 1.29 is 19.5 Å². The van der Waals surface area contributed by atoms with Crippen LogP contribution in [0.2, 0.25) is 10.0 Å². The molecule has 1 saturated heterocycles. The smallest absolute Gasteiger partial charge is 0.326 e. The fourth-order valence-electron chi connectivity index (χ4n) is 6.44. The van der Waals surface area contributed by atoms with Crippen molar-refractivity contribution in [1.29, 1.82) is 0 Å². The maximum atomic E-state index is 14.9. The van der Waals surface area contributed by atoms with Gasteiger partial charge in [0.15, 0.2) is 0 Å². The minimum Gasteiger partial charge on any atom is -0.493 e. The summed E-state index contributed by atoms with van der Waals surface area (Å²) in [5, 5.41) is 13.4. The average molecular weight is 731 g/mol. The van der Waals surface area contributed by atoms with E-state index in [1.54, 1.807) is 5.48 Å². The first-order valence-electron chi connectivity index (χ1n) is 16.9. The Balaban J connectivity index is 1.35. The molecule has 2 aliphatic heterocycles. The molecule has 1 fully saturated rings. The highest BCUT2D eigenvalue weighted by Gasteiger charge is 2.45. The molecule has 11 nitrogen and oxygen atoms in total. The normalized spacial score (nSPS) is 18.0. The summed E-state index contributed by atoms with van der Waals surface area (Å²) >= 11 is 12.7. The topological polar surface area (TPSA) is 132 Å². The van der Waals surface area contributed by atoms with Gasteiger partial charge in [-0.15, -0.1) is 0 Å². The van der Waals surface area contributed by atoms with Crippen molar-refractivity contribution in [2.45, 2.75) is 64.1 Å². The molecular formula is C38H41Cl2N7O4. The summed E-state index contributed by atoms with van der Waals surface area (Å²) in [5.41, 5.74) is 5.25. The number of anilines is 1. The van der Waals surface area contributed by atoms with Crippen LogP contribution in [0, 0.1) is 0 Å². The van der Waals surface area contributed by atoms with Crippen LogP contribution in [-0.2, 0) is 5.41 Å². The largest absolute Gasteiger partial charge is 0.493 e. The van der Waals surface area contributed by atoms with Gasteiger partial charge in [-0.05, 0) is 78.3 Å². The Morgan fingerprint density at radius 2 is 1.53 bits per heavy atom. The lowest BCUT2D eigenvalue weighted by atomic mass is 9.86. The van der Waals surface area contributed by atoms with Crippen LogP contribution < -0.4 is 15.5 Å². The first kappa shape index (κ1) is 36.1. The van der Waals surface area contributed by atoms with E-state index in [1.807, 2.05) is 71.3 Å². The van der Waals surface area contributed by atoms with Crippen LogP contribution in [-0.4, -0.2) is 68.5 Å². The molecule has 51 heavy (non-hydrogen) atoms. The molecule has 0 spiro atoms. The Hall–Kier alpha value is -4.71. The van der Waals surface area contributed by atoms with Crippen LogP contribution in [0.25, 0.3) is 0 Å². The third kappa shape index (κ3) is 7.96. The van der Waals surface area contributed by atoms with E-state index < -0.39 is 18.0 Å². The maximum absolute atomic E-state index is 14.9. The molecule has 266 valence electrons. The number of halogens is 2. The lowest BCUT2D eigenvalue weighted by Gasteiger charge is -2.38. The molecule has 0 bridgehead atoms. The van der Waals surface area contributed by atoms with Gasteiger partial charge in [0, 0.05) is 41.6 Å². The number of amidine groups is 1. The molecule has 2 unspecified atom stereocenters. The number of hydrogen-bond acceptors (Lipinski definition) is 8. The molecule has 3 heterocycles. The third-order valence-corrected chi connectivity index (χ3v) is 9.70. The number of hydroxylamine groups is 1. The van der Waals surface area contributed by atoms with Crippen molar-refractivity contribution in [3.05, 3.63) is 117 Å². The number of piperidine rings is 1. The second-order valence-corrected chi connectivity index (χ2v) is 14.5. The molecule has 3 aromatic carbocycles. The molecule has 0 radical (unpaired) electrons. The van der Waals surface area contributed by atoms with Crippen molar-refractivity contribution >= 4 is 46.9 Å². The molecule has 3 N–H and O–H groups in total.